The van der Waals surface area contributed by atoms with Crippen LogP contribution in [0.2, 0.25) is 0 Å². The number of amides is 3. The van der Waals surface area contributed by atoms with Crippen molar-refractivity contribution in [2.75, 3.05) is 13.1 Å². The van der Waals surface area contributed by atoms with Gasteiger partial charge in [-0.2, -0.15) is 0 Å². The van der Waals surface area contributed by atoms with E-state index in [1.165, 1.54) is 51.6 Å². The van der Waals surface area contributed by atoms with Crippen LogP contribution in [0.15, 0.2) is 18.2 Å². The number of benzene rings is 1. The number of fused-ring (bicyclic) bond motifs is 1. The van der Waals surface area contributed by atoms with Crippen LogP contribution in [0, 0.1) is 11.8 Å². The second-order valence-electron chi connectivity index (χ2n) is 10.6. The molecular formula is C26H33N3O4. The first-order chi connectivity index (χ1) is 16.1. The summed E-state index contributed by atoms with van der Waals surface area (Å²) in [4.78, 5) is 41.0. The molecule has 4 fully saturated rings. The number of carbonyl (C=O) groups excluding carboxylic acids is 3. The molecule has 1 N–H and O–H groups in total. The Hall–Kier alpha value is -2.41. The van der Waals surface area contributed by atoms with Crippen LogP contribution in [-0.4, -0.2) is 58.8 Å². The van der Waals surface area contributed by atoms with Gasteiger partial charge in [0.15, 0.2) is 0 Å². The predicted octanol–water partition coefficient (Wildman–Crippen LogP) is 2.87. The lowest BCUT2D eigenvalue weighted by Crippen LogP contribution is -2.60. The SMILES string of the molecule is O=C1CCC(N2Cc3cc(O[C@H]4CCCC[C@H]4N4CC(C5CCC5)C4)ccc3C2=O)C(=O)N1. The van der Waals surface area contributed by atoms with E-state index < -0.39 is 6.04 Å². The Kier molecular flexibility index (Phi) is 5.40. The molecule has 2 aliphatic carbocycles. The summed E-state index contributed by atoms with van der Waals surface area (Å²) in [6.45, 7) is 2.85. The van der Waals surface area contributed by atoms with Crippen LogP contribution in [0.5, 0.6) is 5.75 Å². The molecule has 3 aliphatic heterocycles. The highest BCUT2D eigenvalue weighted by Gasteiger charge is 2.43. The Bertz CT molecular complexity index is 968. The van der Waals surface area contributed by atoms with Crippen LogP contribution >= 0.6 is 0 Å². The first kappa shape index (κ1) is 21.1. The van der Waals surface area contributed by atoms with Gasteiger partial charge in [-0.05, 0) is 61.3 Å². The molecule has 7 heteroatoms. The minimum absolute atomic E-state index is 0.135. The summed E-state index contributed by atoms with van der Waals surface area (Å²) in [5, 5.41) is 2.36. The number of ether oxygens (including phenoxy) is 1. The van der Waals surface area contributed by atoms with E-state index in [1.807, 2.05) is 18.2 Å². The number of likely N-dealkylation sites (tertiary alicyclic amines) is 1. The minimum atomic E-state index is -0.579. The predicted molar refractivity (Wildman–Crippen MR) is 122 cm³/mol. The molecule has 1 aromatic carbocycles. The lowest BCUT2D eigenvalue weighted by molar-refractivity contribution is -0.136. The highest BCUT2D eigenvalue weighted by molar-refractivity contribution is 6.05. The summed E-state index contributed by atoms with van der Waals surface area (Å²) in [7, 11) is 0. The molecule has 0 spiro atoms. The first-order valence-corrected chi connectivity index (χ1v) is 12.7. The van der Waals surface area contributed by atoms with E-state index in [1.54, 1.807) is 4.90 Å². The average Bonchev–Trinajstić information content (AvgIpc) is 3.05. The first-order valence-electron chi connectivity index (χ1n) is 12.7. The van der Waals surface area contributed by atoms with Crippen molar-refractivity contribution < 1.29 is 19.1 Å². The topological polar surface area (TPSA) is 79.0 Å². The van der Waals surface area contributed by atoms with E-state index >= 15 is 0 Å². The highest BCUT2D eigenvalue weighted by Crippen LogP contribution is 2.41. The van der Waals surface area contributed by atoms with Crippen molar-refractivity contribution in [2.45, 2.75) is 82.5 Å². The van der Waals surface area contributed by atoms with Gasteiger partial charge in [-0.3, -0.25) is 24.6 Å². The Morgan fingerprint density at radius 3 is 2.48 bits per heavy atom. The van der Waals surface area contributed by atoms with Gasteiger partial charge >= 0.3 is 0 Å². The summed E-state index contributed by atoms with van der Waals surface area (Å²) in [6.07, 6.45) is 9.87. The zero-order chi connectivity index (χ0) is 22.5. The summed E-state index contributed by atoms with van der Waals surface area (Å²) < 4.78 is 6.54. The summed E-state index contributed by atoms with van der Waals surface area (Å²) in [5.41, 5.74) is 1.54. The standard InChI is InChI=1S/C26H33N3O4/c30-24-11-10-22(25(31)27-24)29-15-17-12-19(8-9-20(17)26(29)32)33-23-7-2-1-6-21(23)28-13-18(14-28)16-4-3-5-16/h8-9,12,16,18,21-23H,1-7,10-11,13-15H2,(H,27,30,31)/t21-,22?,23+/m1/s1. The molecule has 33 heavy (non-hydrogen) atoms. The van der Waals surface area contributed by atoms with Crippen molar-refractivity contribution in [3.05, 3.63) is 29.3 Å². The molecule has 3 atom stereocenters. The number of hydrogen-bond donors (Lipinski definition) is 1. The molecular weight excluding hydrogens is 418 g/mol. The largest absolute Gasteiger partial charge is 0.489 e. The fourth-order valence-corrected chi connectivity index (χ4v) is 6.46. The van der Waals surface area contributed by atoms with Crippen LogP contribution in [0.3, 0.4) is 0 Å². The van der Waals surface area contributed by atoms with Gasteiger partial charge in [0.2, 0.25) is 11.8 Å². The van der Waals surface area contributed by atoms with Crippen LogP contribution in [0.1, 0.15) is 73.7 Å². The molecule has 1 aromatic rings. The number of hydrogen-bond acceptors (Lipinski definition) is 5. The second kappa shape index (κ2) is 8.42. The molecule has 3 heterocycles. The Morgan fingerprint density at radius 2 is 1.73 bits per heavy atom. The van der Waals surface area contributed by atoms with Gasteiger partial charge in [0, 0.05) is 37.7 Å². The maximum Gasteiger partial charge on any atom is 0.255 e. The lowest BCUT2D eigenvalue weighted by Gasteiger charge is -2.52. The van der Waals surface area contributed by atoms with E-state index in [2.05, 4.69) is 10.2 Å². The number of imide groups is 1. The summed E-state index contributed by atoms with van der Waals surface area (Å²) >= 11 is 0. The molecule has 5 aliphatic rings. The number of piperidine rings is 1. The normalized spacial score (nSPS) is 31.1. The minimum Gasteiger partial charge on any atom is -0.489 e. The summed E-state index contributed by atoms with van der Waals surface area (Å²) in [5.74, 6) is 1.91. The van der Waals surface area contributed by atoms with Gasteiger partial charge in [-0.25, -0.2) is 0 Å². The van der Waals surface area contributed by atoms with Gasteiger partial charge in [0.05, 0.1) is 0 Å². The van der Waals surface area contributed by atoms with Crippen LogP contribution in [0.25, 0.3) is 0 Å². The van der Waals surface area contributed by atoms with E-state index in [9.17, 15) is 14.4 Å². The maximum absolute atomic E-state index is 12.9. The third kappa shape index (κ3) is 3.84. The molecule has 2 saturated heterocycles. The van der Waals surface area contributed by atoms with Crippen molar-refractivity contribution in [3.8, 4) is 5.75 Å². The monoisotopic (exact) mass is 451 g/mol. The van der Waals surface area contributed by atoms with Crippen molar-refractivity contribution in [1.82, 2.24) is 15.1 Å². The Morgan fingerprint density at radius 1 is 0.909 bits per heavy atom. The van der Waals surface area contributed by atoms with Crippen LogP contribution in [-0.2, 0) is 16.1 Å². The van der Waals surface area contributed by atoms with E-state index in [-0.39, 0.29) is 30.2 Å². The zero-order valence-corrected chi connectivity index (χ0v) is 19.1. The fraction of sp³-hybridized carbons (Fsp3) is 0.654. The van der Waals surface area contributed by atoms with Gasteiger partial charge in [0.1, 0.15) is 17.9 Å². The second-order valence-corrected chi connectivity index (χ2v) is 10.6. The third-order valence-electron chi connectivity index (χ3n) is 8.67. The van der Waals surface area contributed by atoms with Gasteiger partial charge in [-0.1, -0.05) is 25.7 Å². The molecule has 6 rings (SSSR count). The Balaban J connectivity index is 1.12. The lowest BCUT2D eigenvalue weighted by atomic mass is 9.71. The van der Waals surface area contributed by atoms with E-state index in [0.29, 0.717) is 24.6 Å². The highest BCUT2D eigenvalue weighted by atomic mass is 16.5. The molecule has 0 radical (unpaired) electrons. The molecule has 3 amide bonds. The van der Waals surface area contributed by atoms with Crippen molar-refractivity contribution in [3.63, 3.8) is 0 Å². The quantitative estimate of drug-likeness (QED) is 0.697. The Labute approximate surface area is 194 Å². The summed E-state index contributed by atoms with van der Waals surface area (Å²) in [6, 6.07) is 5.64. The number of nitrogens with one attached hydrogen (secondary N) is 1. The van der Waals surface area contributed by atoms with Crippen molar-refractivity contribution in [2.24, 2.45) is 11.8 Å². The number of rotatable bonds is 5. The van der Waals surface area contributed by atoms with Gasteiger partial charge < -0.3 is 9.64 Å². The molecule has 7 nitrogen and oxygen atoms in total. The van der Waals surface area contributed by atoms with Crippen LogP contribution < -0.4 is 10.1 Å². The van der Waals surface area contributed by atoms with Crippen molar-refractivity contribution >= 4 is 17.7 Å². The molecule has 1 unspecified atom stereocenters. The maximum atomic E-state index is 12.9. The molecule has 0 aromatic heterocycles. The van der Waals surface area contributed by atoms with E-state index in [4.69, 9.17) is 4.74 Å². The third-order valence-corrected chi connectivity index (χ3v) is 8.67. The van der Waals surface area contributed by atoms with Crippen molar-refractivity contribution in [1.29, 1.82) is 0 Å². The van der Waals surface area contributed by atoms with Gasteiger partial charge in [-0.15, -0.1) is 0 Å². The fourth-order valence-electron chi connectivity index (χ4n) is 6.46. The van der Waals surface area contributed by atoms with Gasteiger partial charge in [0.25, 0.3) is 5.91 Å². The van der Waals surface area contributed by atoms with E-state index in [0.717, 1.165) is 29.6 Å². The average molecular weight is 452 g/mol. The molecule has 176 valence electrons. The van der Waals surface area contributed by atoms with Crippen LogP contribution in [0.4, 0.5) is 0 Å². The number of nitrogens with zero attached hydrogens (tertiary/aromatic N) is 2. The zero-order valence-electron chi connectivity index (χ0n) is 19.1. The molecule has 2 saturated carbocycles. The smallest absolute Gasteiger partial charge is 0.255 e. The molecule has 0 bridgehead atoms. The number of carbonyl (C=O) groups is 3.